The fourth-order valence-corrected chi connectivity index (χ4v) is 5.39. The van der Waals surface area contributed by atoms with E-state index < -0.39 is 11.4 Å². The molecule has 1 amide bonds. The highest BCUT2D eigenvalue weighted by atomic mass is 16.4. The van der Waals surface area contributed by atoms with E-state index in [1.165, 1.54) is 34.7 Å². The molecule has 0 bridgehead atoms. The molecular weight excluding hydrogens is 352 g/mol. The van der Waals surface area contributed by atoms with Gasteiger partial charge in [-0.2, -0.15) is 0 Å². The summed E-state index contributed by atoms with van der Waals surface area (Å²) in [5.41, 5.74) is 5.79. The first-order chi connectivity index (χ1) is 13.5. The first kappa shape index (κ1) is 17.4. The number of hydrogen-bond acceptors (Lipinski definition) is 3. The van der Waals surface area contributed by atoms with E-state index in [0.717, 1.165) is 19.5 Å². The van der Waals surface area contributed by atoms with Gasteiger partial charge in [-0.05, 0) is 34.2 Å². The van der Waals surface area contributed by atoms with Crippen molar-refractivity contribution >= 4 is 11.9 Å². The molecule has 5 rings (SSSR count). The minimum atomic E-state index is -0.821. The number of hydrogen-bond donors (Lipinski definition) is 1. The molecule has 144 valence electrons. The van der Waals surface area contributed by atoms with Crippen molar-refractivity contribution in [1.82, 2.24) is 9.80 Å². The van der Waals surface area contributed by atoms with Gasteiger partial charge in [0.05, 0.1) is 0 Å². The van der Waals surface area contributed by atoms with Crippen LogP contribution in [0.5, 0.6) is 0 Å². The molecular formula is C23H24N2O3. The van der Waals surface area contributed by atoms with Gasteiger partial charge in [-0.25, -0.2) is 0 Å². The molecule has 0 saturated carbocycles. The van der Waals surface area contributed by atoms with Crippen LogP contribution in [0.25, 0.3) is 11.1 Å². The van der Waals surface area contributed by atoms with E-state index in [4.69, 9.17) is 0 Å². The number of carboxylic acids is 1. The van der Waals surface area contributed by atoms with Gasteiger partial charge in [-0.3, -0.25) is 14.5 Å². The third-order valence-corrected chi connectivity index (χ3v) is 6.82. The van der Waals surface area contributed by atoms with Crippen LogP contribution in [-0.2, 0) is 22.6 Å². The molecule has 0 aromatic heterocycles. The number of amides is 1. The molecule has 28 heavy (non-hydrogen) atoms. The molecule has 1 N–H and O–H groups in total. The molecule has 0 radical (unpaired) electrons. The molecule has 2 atom stereocenters. The molecule has 5 nitrogen and oxygen atoms in total. The highest BCUT2D eigenvalue weighted by Crippen LogP contribution is 2.43. The van der Waals surface area contributed by atoms with Crippen LogP contribution in [0.15, 0.2) is 42.5 Å². The fraction of sp³-hybridized carbons (Fsp3) is 0.391. The summed E-state index contributed by atoms with van der Waals surface area (Å²) >= 11 is 0. The summed E-state index contributed by atoms with van der Waals surface area (Å²) in [5.74, 6) is -0.791. The summed E-state index contributed by atoms with van der Waals surface area (Å²) < 4.78 is 0. The normalized spacial score (nSPS) is 25.5. The zero-order valence-corrected chi connectivity index (χ0v) is 16.0. The Hall–Kier alpha value is -2.66. The second-order valence-electron chi connectivity index (χ2n) is 8.55. The molecule has 2 aliphatic heterocycles. The fourth-order valence-electron chi connectivity index (χ4n) is 5.39. The lowest BCUT2D eigenvalue weighted by Gasteiger charge is -2.25. The Labute approximate surface area is 164 Å². The van der Waals surface area contributed by atoms with E-state index >= 15 is 0 Å². The van der Waals surface area contributed by atoms with Crippen LogP contribution in [0.4, 0.5) is 0 Å². The van der Waals surface area contributed by atoms with Gasteiger partial charge < -0.3 is 10.0 Å². The third-order valence-electron chi connectivity index (χ3n) is 6.82. The number of nitrogens with zero attached hydrogens (tertiary/aromatic N) is 2. The van der Waals surface area contributed by atoms with E-state index in [1.807, 2.05) is 0 Å². The van der Waals surface area contributed by atoms with Gasteiger partial charge in [0, 0.05) is 45.6 Å². The van der Waals surface area contributed by atoms with E-state index in [-0.39, 0.29) is 11.8 Å². The molecule has 5 heteroatoms. The number of fused-ring (bicyclic) bond motifs is 4. The van der Waals surface area contributed by atoms with Gasteiger partial charge >= 0.3 is 5.97 Å². The summed E-state index contributed by atoms with van der Waals surface area (Å²) in [5, 5.41) is 9.92. The van der Waals surface area contributed by atoms with Gasteiger partial charge in [0.2, 0.25) is 5.91 Å². The molecule has 2 fully saturated rings. The lowest BCUT2D eigenvalue weighted by atomic mass is 9.81. The number of carboxylic acid groups (broad SMARTS) is 1. The van der Waals surface area contributed by atoms with Gasteiger partial charge in [0.1, 0.15) is 5.41 Å². The maximum absolute atomic E-state index is 12.1. The van der Waals surface area contributed by atoms with Crippen molar-refractivity contribution in [3.05, 3.63) is 59.2 Å². The number of rotatable bonds is 3. The van der Waals surface area contributed by atoms with Crippen LogP contribution in [0, 0.1) is 11.3 Å². The lowest BCUT2D eigenvalue weighted by molar-refractivity contribution is -0.149. The summed E-state index contributed by atoms with van der Waals surface area (Å²) in [6.07, 6.45) is 0.967. The summed E-state index contributed by atoms with van der Waals surface area (Å²) in [4.78, 5) is 27.8. The number of benzene rings is 2. The third kappa shape index (κ3) is 2.57. The monoisotopic (exact) mass is 376 g/mol. The average Bonchev–Trinajstić information content (AvgIpc) is 3.29. The number of carbonyl (C=O) groups excluding carboxylic acids is 1. The summed E-state index contributed by atoms with van der Waals surface area (Å²) in [7, 11) is 0. The van der Waals surface area contributed by atoms with Crippen molar-refractivity contribution in [2.45, 2.75) is 19.9 Å². The maximum atomic E-state index is 12.1. The quantitative estimate of drug-likeness (QED) is 0.763. The van der Waals surface area contributed by atoms with Crippen molar-refractivity contribution in [2.75, 3.05) is 26.2 Å². The Morgan fingerprint density at radius 3 is 2.61 bits per heavy atom. The Bertz CT molecular complexity index is 986. The SMILES string of the molecule is CC(=O)N1CC2CN(Cc3ccc4c(c3)Cc3ccccc3-4)CC2(C(=O)O)C1. The standard InChI is InChI=1S/C23H24N2O3/c1-15(26)25-12-19-11-24(13-23(19,14-25)22(27)28)10-16-6-7-21-18(8-16)9-17-4-2-3-5-20(17)21/h2-8,19H,9-14H2,1H3,(H,27,28). The van der Waals surface area contributed by atoms with Crippen LogP contribution < -0.4 is 0 Å². The Kier molecular flexibility index (Phi) is 3.85. The summed E-state index contributed by atoms with van der Waals surface area (Å²) in [6, 6.07) is 15.2. The van der Waals surface area contributed by atoms with E-state index in [1.54, 1.807) is 4.90 Å². The van der Waals surface area contributed by atoms with E-state index in [0.29, 0.717) is 19.6 Å². The van der Waals surface area contributed by atoms with Crippen molar-refractivity contribution in [2.24, 2.45) is 11.3 Å². The van der Waals surface area contributed by atoms with Crippen LogP contribution in [0.2, 0.25) is 0 Å². The topological polar surface area (TPSA) is 60.9 Å². The predicted octanol–water partition coefficient (Wildman–Crippen LogP) is 2.62. The first-order valence-corrected chi connectivity index (χ1v) is 9.87. The molecule has 2 heterocycles. The van der Waals surface area contributed by atoms with Crippen LogP contribution in [0.1, 0.15) is 23.6 Å². The Balaban J connectivity index is 1.34. The molecule has 2 unspecified atom stereocenters. The van der Waals surface area contributed by atoms with Crippen LogP contribution in [-0.4, -0.2) is 53.0 Å². The molecule has 2 aromatic carbocycles. The largest absolute Gasteiger partial charge is 0.481 e. The second kappa shape index (κ2) is 6.17. The minimum absolute atomic E-state index is 0.00702. The van der Waals surface area contributed by atoms with Crippen molar-refractivity contribution in [3.8, 4) is 11.1 Å². The number of carbonyl (C=O) groups is 2. The zero-order valence-electron chi connectivity index (χ0n) is 16.0. The molecule has 1 aliphatic carbocycles. The van der Waals surface area contributed by atoms with E-state index in [2.05, 4.69) is 47.4 Å². The van der Waals surface area contributed by atoms with E-state index in [9.17, 15) is 14.7 Å². The van der Waals surface area contributed by atoms with Crippen LogP contribution >= 0.6 is 0 Å². The first-order valence-electron chi connectivity index (χ1n) is 9.87. The smallest absolute Gasteiger partial charge is 0.313 e. The zero-order chi connectivity index (χ0) is 19.5. The Morgan fingerprint density at radius 2 is 1.86 bits per heavy atom. The predicted molar refractivity (Wildman–Crippen MR) is 106 cm³/mol. The average molecular weight is 376 g/mol. The minimum Gasteiger partial charge on any atom is -0.481 e. The highest BCUT2D eigenvalue weighted by Gasteiger charge is 2.58. The maximum Gasteiger partial charge on any atom is 0.313 e. The number of aliphatic carboxylic acids is 1. The van der Waals surface area contributed by atoms with Gasteiger partial charge in [0.15, 0.2) is 0 Å². The Morgan fingerprint density at radius 1 is 1.07 bits per heavy atom. The summed E-state index contributed by atoms with van der Waals surface area (Å²) in [6.45, 7) is 4.41. The molecule has 3 aliphatic rings. The van der Waals surface area contributed by atoms with Crippen molar-refractivity contribution in [1.29, 1.82) is 0 Å². The van der Waals surface area contributed by atoms with Gasteiger partial charge in [-0.1, -0.05) is 42.5 Å². The van der Waals surface area contributed by atoms with Crippen molar-refractivity contribution in [3.63, 3.8) is 0 Å². The van der Waals surface area contributed by atoms with Gasteiger partial charge in [0.25, 0.3) is 0 Å². The van der Waals surface area contributed by atoms with Gasteiger partial charge in [-0.15, -0.1) is 0 Å². The highest BCUT2D eigenvalue weighted by molar-refractivity contribution is 5.80. The molecule has 0 spiro atoms. The lowest BCUT2D eigenvalue weighted by Crippen LogP contribution is -2.41. The second-order valence-corrected chi connectivity index (χ2v) is 8.55. The molecule has 2 saturated heterocycles. The number of likely N-dealkylation sites (tertiary alicyclic amines) is 2. The van der Waals surface area contributed by atoms with Crippen LogP contribution in [0.3, 0.4) is 0 Å². The molecule has 2 aromatic rings. The van der Waals surface area contributed by atoms with Crippen molar-refractivity contribution < 1.29 is 14.7 Å².